The summed E-state index contributed by atoms with van der Waals surface area (Å²) in [6.45, 7) is 7.03. The predicted octanol–water partition coefficient (Wildman–Crippen LogP) is 0.974. The van der Waals surface area contributed by atoms with Gasteiger partial charge in [0.05, 0.1) is 0 Å². The fraction of sp³-hybridized carbons (Fsp3) is 0.667. The van der Waals surface area contributed by atoms with Crippen LogP contribution in [0, 0.1) is 0 Å². The van der Waals surface area contributed by atoms with E-state index in [0.717, 1.165) is 13.0 Å². The van der Waals surface area contributed by atoms with Crippen LogP contribution in [0.4, 0.5) is 0 Å². The zero-order chi connectivity index (χ0) is 12.8. The molecule has 0 unspecified atom stereocenters. The second-order valence-corrected chi connectivity index (χ2v) is 4.44. The monoisotopic (exact) mass is 239 g/mol. The largest absolute Gasteiger partial charge is 0.354 e. The number of hydrogen-bond acceptors (Lipinski definition) is 2. The number of hydrogen-bond donors (Lipinski definition) is 1. The molecule has 0 spiro atoms. The zero-order valence-electron chi connectivity index (χ0n) is 10.8. The van der Waals surface area contributed by atoms with Crippen molar-refractivity contribution in [1.82, 2.24) is 14.5 Å². The van der Waals surface area contributed by atoms with E-state index in [2.05, 4.69) is 5.32 Å². The lowest BCUT2D eigenvalue weighted by Gasteiger charge is -2.07. The summed E-state index contributed by atoms with van der Waals surface area (Å²) in [7, 11) is 0. The molecule has 96 valence electrons. The highest BCUT2D eigenvalue weighted by Gasteiger charge is 2.06. The minimum absolute atomic E-state index is 0.0184. The third-order valence-corrected chi connectivity index (χ3v) is 2.41. The van der Waals surface area contributed by atoms with Gasteiger partial charge in [0.2, 0.25) is 5.91 Å². The highest BCUT2D eigenvalue weighted by atomic mass is 16.2. The summed E-state index contributed by atoms with van der Waals surface area (Å²) in [6, 6.07) is 0.143. The first-order valence-corrected chi connectivity index (χ1v) is 6.09. The third kappa shape index (κ3) is 4.09. The van der Waals surface area contributed by atoms with Gasteiger partial charge >= 0.3 is 5.69 Å². The van der Waals surface area contributed by atoms with Crippen LogP contribution in [0.5, 0.6) is 0 Å². The molecule has 0 fully saturated rings. The summed E-state index contributed by atoms with van der Waals surface area (Å²) in [6.07, 6.45) is 4.78. The molecule has 1 rings (SSSR count). The molecule has 1 N–H and O–H groups in total. The normalized spacial score (nSPS) is 10.8. The van der Waals surface area contributed by atoms with Crippen molar-refractivity contribution in [2.24, 2.45) is 0 Å². The number of carbonyl (C=O) groups excluding carboxylic acids is 1. The Bertz CT molecular complexity index is 418. The van der Waals surface area contributed by atoms with Crippen molar-refractivity contribution in [3.63, 3.8) is 0 Å². The molecule has 5 heteroatoms. The van der Waals surface area contributed by atoms with Gasteiger partial charge in [-0.1, -0.05) is 6.92 Å². The number of nitrogens with one attached hydrogen (secondary N) is 1. The van der Waals surface area contributed by atoms with Crippen LogP contribution in [-0.4, -0.2) is 21.1 Å². The van der Waals surface area contributed by atoms with Gasteiger partial charge < -0.3 is 5.32 Å². The first-order valence-electron chi connectivity index (χ1n) is 6.09. The maximum absolute atomic E-state index is 11.8. The molecule has 0 bridgehead atoms. The molecule has 0 saturated carbocycles. The number of aryl methyl sites for hydroxylation is 2. The molecular formula is C12H21N3O2. The van der Waals surface area contributed by atoms with E-state index in [9.17, 15) is 9.59 Å². The van der Waals surface area contributed by atoms with Gasteiger partial charge in [-0.15, -0.1) is 0 Å². The molecule has 0 radical (unpaired) electrons. The number of carbonyl (C=O) groups is 1. The average Bonchev–Trinajstić information content (AvgIpc) is 2.57. The van der Waals surface area contributed by atoms with E-state index >= 15 is 0 Å². The van der Waals surface area contributed by atoms with E-state index in [1.54, 1.807) is 21.5 Å². The standard InChI is InChI=1S/C12H21N3O2/c1-4-6-14-8-9-15(12(14)17)7-5-11(16)13-10(2)3/h8-10H,4-7H2,1-3H3,(H,13,16). The topological polar surface area (TPSA) is 56.0 Å². The van der Waals surface area contributed by atoms with Gasteiger partial charge in [0.15, 0.2) is 0 Å². The Morgan fingerprint density at radius 3 is 2.41 bits per heavy atom. The molecule has 0 aliphatic carbocycles. The maximum atomic E-state index is 11.8. The highest BCUT2D eigenvalue weighted by Crippen LogP contribution is 1.92. The van der Waals surface area contributed by atoms with E-state index in [1.807, 2.05) is 20.8 Å². The Kier molecular flexibility index (Phi) is 5.00. The molecule has 1 heterocycles. The fourth-order valence-electron chi connectivity index (χ4n) is 1.65. The molecule has 1 aromatic rings. The highest BCUT2D eigenvalue weighted by molar-refractivity contribution is 5.76. The van der Waals surface area contributed by atoms with Crippen molar-refractivity contribution >= 4 is 5.91 Å². The summed E-state index contributed by atoms with van der Waals surface area (Å²) in [4.78, 5) is 23.2. The molecule has 17 heavy (non-hydrogen) atoms. The van der Waals surface area contributed by atoms with Crippen LogP contribution >= 0.6 is 0 Å². The van der Waals surface area contributed by atoms with Crippen LogP contribution in [0.25, 0.3) is 0 Å². The summed E-state index contributed by atoms with van der Waals surface area (Å²) < 4.78 is 3.25. The quantitative estimate of drug-likeness (QED) is 0.804. The molecule has 1 aromatic heterocycles. The van der Waals surface area contributed by atoms with E-state index in [1.165, 1.54) is 0 Å². The van der Waals surface area contributed by atoms with E-state index in [0.29, 0.717) is 13.0 Å². The van der Waals surface area contributed by atoms with Crippen molar-refractivity contribution in [2.45, 2.75) is 52.7 Å². The Morgan fingerprint density at radius 2 is 1.88 bits per heavy atom. The minimum atomic E-state index is -0.0378. The number of rotatable bonds is 6. The van der Waals surface area contributed by atoms with Gasteiger partial charge in [-0.3, -0.25) is 13.9 Å². The van der Waals surface area contributed by atoms with Gasteiger partial charge in [-0.25, -0.2) is 4.79 Å². The second-order valence-electron chi connectivity index (χ2n) is 4.44. The van der Waals surface area contributed by atoms with Gasteiger partial charge in [-0.05, 0) is 20.3 Å². The third-order valence-electron chi connectivity index (χ3n) is 2.41. The van der Waals surface area contributed by atoms with Crippen LogP contribution in [0.3, 0.4) is 0 Å². The second kappa shape index (κ2) is 6.27. The molecule has 0 atom stereocenters. The molecule has 1 amide bonds. The number of imidazole rings is 1. The van der Waals surface area contributed by atoms with Gasteiger partial charge in [-0.2, -0.15) is 0 Å². The van der Waals surface area contributed by atoms with Gasteiger partial charge in [0.25, 0.3) is 0 Å². The van der Waals surface area contributed by atoms with Crippen LogP contribution in [-0.2, 0) is 17.9 Å². The van der Waals surface area contributed by atoms with Crippen LogP contribution in [0.1, 0.15) is 33.6 Å². The molecule has 0 aromatic carbocycles. The van der Waals surface area contributed by atoms with E-state index in [4.69, 9.17) is 0 Å². The van der Waals surface area contributed by atoms with E-state index < -0.39 is 0 Å². The summed E-state index contributed by atoms with van der Waals surface area (Å²) in [5.74, 6) is -0.0184. The molecular weight excluding hydrogens is 218 g/mol. The smallest absolute Gasteiger partial charge is 0.328 e. The van der Waals surface area contributed by atoms with Crippen LogP contribution in [0.2, 0.25) is 0 Å². The van der Waals surface area contributed by atoms with Crippen molar-refractivity contribution in [3.8, 4) is 0 Å². The van der Waals surface area contributed by atoms with Crippen molar-refractivity contribution in [1.29, 1.82) is 0 Å². The minimum Gasteiger partial charge on any atom is -0.354 e. The molecule has 0 aliphatic heterocycles. The lowest BCUT2D eigenvalue weighted by molar-refractivity contribution is -0.121. The SMILES string of the molecule is CCCn1ccn(CCC(=O)NC(C)C)c1=O. The first-order chi connectivity index (χ1) is 8.04. The average molecular weight is 239 g/mol. The van der Waals surface area contributed by atoms with Gasteiger partial charge in [0, 0.05) is 37.9 Å². The molecule has 5 nitrogen and oxygen atoms in total. The Hall–Kier alpha value is -1.52. The van der Waals surface area contributed by atoms with Crippen LogP contribution in [0.15, 0.2) is 17.2 Å². The molecule has 0 saturated heterocycles. The number of aromatic nitrogens is 2. The van der Waals surface area contributed by atoms with Crippen LogP contribution < -0.4 is 11.0 Å². The Morgan fingerprint density at radius 1 is 1.29 bits per heavy atom. The van der Waals surface area contributed by atoms with Crippen molar-refractivity contribution in [3.05, 3.63) is 22.9 Å². The molecule has 0 aliphatic rings. The zero-order valence-corrected chi connectivity index (χ0v) is 10.8. The Labute approximate surface area is 101 Å². The van der Waals surface area contributed by atoms with E-state index in [-0.39, 0.29) is 17.6 Å². The van der Waals surface area contributed by atoms with Gasteiger partial charge in [0.1, 0.15) is 0 Å². The summed E-state index contributed by atoms with van der Waals surface area (Å²) in [5.41, 5.74) is -0.0378. The Balaban J connectivity index is 2.52. The van der Waals surface area contributed by atoms with Crippen molar-refractivity contribution in [2.75, 3.05) is 0 Å². The number of amides is 1. The first kappa shape index (κ1) is 13.5. The number of nitrogens with zero attached hydrogens (tertiary/aromatic N) is 2. The fourth-order valence-corrected chi connectivity index (χ4v) is 1.65. The lowest BCUT2D eigenvalue weighted by atomic mass is 10.3. The summed E-state index contributed by atoms with van der Waals surface area (Å²) >= 11 is 0. The lowest BCUT2D eigenvalue weighted by Crippen LogP contribution is -2.32. The maximum Gasteiger partial charge on any atom is 0.328 e. The summed E-state index contributed by atoms with van der Waals surface area (Å²) in [5, 5.41) is 2.80. The predicted molar refractivity (Wildman–Crippen MR) is 66.9 cm³/mol. The van der Waals surface area contributed by atoms with Crippen molar-refractivity contribution < 1.29 is 4.79 Å².